The number of anilines is 1. The van der Waals surface area contributed by atoms with Crippen molar-refractivity contribution < 1.29 is 9.50 Å². The van der Waals surface area contributed by atoms with Crippen LogP contribution < -0.4 is 5.73 Å². The van der Waals surface area contributed by atoms with Gasteiger partial charge in [0.2, 0.25) is 0 Å². The lowest BCUT2D eigenvalue weighted by atomic mass is 9.88. The average molecular weight is 292 g/mol. The quantitative estimate of drug-likeness (QED) is 0.833. The molecule has 3 rings (SSSR count). The van der Waals surface area contributed by atoms with E-state index in [4.69, 9.17) is 17.3 Å². The van der Waals surface area contributed by atoms with Crippen molar-refractivity contribution in [1.29, 1.82) is 0 Å². The number of nitrogens with two attached hydrogens (primary N) is 1. The SMILES string of the molecule is Nc1ccc2c(c1)CCC2(O)Cc1cccc(Cl)c1F. The summed E-state index contributed by atoms with van der Waals surface area (Å²) in [6.07, 6.45) is 1.53. The molecule has 0 bridgehead atoms. The van der Waals surface area contributed by atoms with Crippen molar-refractivity contribution in [2.45, 2.75) is 24.9 Å². The van der Waals surface area contributed by atoms with Crippen molar-refractivity contribution in [2.24, 2.45) is 0 Å². The van der Waals surface area contributed by atoms with Gasteiger partial charge >= 0.3 is 0 Å². The number of benzene rings is 2. The van der Waals surface area contributed by atoms with Crippen molar-refractivity contribution in [1.82, 2.24) is 0 Å². The summed E-state index contributed by atoms with van der Waals surface area (Å²) in [5, 5.41) is 10.9. The molecule has 2 aromatic carbocycles. The van der Waals surface area contributed by atoms with Crippen LogP contribution in [0.2, 0.25) is 5.02 Å². The molecule has 0 radical (unpaired) electrons. The monoisotopic (exact) mass is 291 g/mol. The fourth-order valence-electron chi connectivity index (χ4n) is 2.93. The Balaban J connectivity index is 1.98. The van der Waals surface area contributed by atoms with Crippen LogP contribution in [-0.4, -0.2) is 5.11 Å². The molecule has 104 valence electrons. The number of fused-ring (bicyclic) bond motifs is 1. The molecule has 0 aliphatic heterocycles. The van der Waals surface area contributed by atoms with Crippen LogP contribution in [0.25, 0.3) is 0 Å². The third kappa shape index (κ3) is 2.17. The van der Waals surface area contributed by atoms with Crippen LogP contribution >= 0.6 is 11.6 Å². The van der Waals surface area contributed by atoms with Gasteiger partial charge in [-0.25, -0.2) is 4.39 Å². The first kappa shape index (κ1) is 13.4. The second-order valence-corrected chi connectivity index (χ2v) is 5.75. The Hall–Kier alpha value is -1.58. The van der Waals surface area contributed by atoms with Gasteiger partial charge in [-0.15, -0.1) is 0 Å². The number of halogens is 2. The minimum Gasteiger partial charge on any atom is -0.399 e. The summed E-state index contributed by atoms with van der Waals surface area (Å²) < 4.78 is 14.0. The first-order valence-electron chi connectivity index (χ1n) is 6.54. The van der Waals surface area contributed by atoms with Crippen LogP contribution in [0, 0.1) is 5.82 Å². The maximum absolute atomic E-state index is 14.0. The smallest absolute Gasteiger partial charge is 0.145 e. The van der Waals surface area contributed by atoms with Gasteiger partial charge in [-0.1, -0.05) is 29.8 Å². The molecule has 4 heteroatoms. The predicted octanol–water partition coefficient (Wildman–Crippen LogP) is 3.44. The third-order valence-electron chi connectivity index (χ3n) is 3.95. The fourth-order valence-corrected chi connectivity index (χ4v) is 3.13. The fraction of sp³-hybridized carbons (Fsp3) is 0.250. The van der Waals surface area contributed by atoms with Crippen molar-refractivity contribution in [3.63, 3.8) is 0 Å². The molecule has 0 heterocycles. The molecule has 2 nitrogen and oxygen atoms in total. The van der Waals surface area contributed by atoms with Crippen molar-refractivity contribution >= 4 is 17.3 Å². The van der Waals surface area contributed by atoms with E-state index in [-0.39, 0.29) is 11.4 Å². The van der Waals surface area contributed by atoms with Crippen molar-refractivity contribution in [3.8, 4) is 0 Å². The van der Waals surface area contributed by atoms with Gasteiger partial charge < -0.3 is 10.8 Å². The summed E-state index contributed by atoms with van der Waals surface area (Å²) in [5.74, 6) is -0.452. The van der Waals surface area contributed by atoms with Gasteiger partial charge in [0.25, 0.3) is 0 Å². The second-order valence-electron chi connectivity index (χ2n) is 5.34. The molecule has 3 N–H and O–H groups in total. The first-order chi connectivity index (χ1) is 9.49. The number of nitrogen functional groups attached to an aromatic ring is 1. The molecule has 1 unspecified atom stereocenters. The Morgan fingerprint density at radius 1 is 1.30 bits per heavy atom. The van der Waals surface area contributed by atoms with E-state index in [0.717, 1.165) is 17.5 Å². The zero-order chi connectivity index (χ0) is 14.3. The van der Waals surface area contributed by atoms with E-state index in [9.17, 15) is 9.50 Å². The number of rotatable bonds is 2. The largest absolute Gasteiger partial charge is 0.399 e. The highest BCUT2D eigenvalue weighted by Crippen LogP contribution is 2.40. The van der Waals surface area contributed by atoms with Gasteiger partial charge in [-0.05, 0) is 47.7 Å². The van der Waals surface area contributed by atoms with Crippen LogP contribution in [0.3, 0.4) is 0 Å². The second kappa shape index (κ2) is 4.76. The van der Waals surface area contributed by atoms with Crippen LogP contribution in [0.1, 0.15) is 23.1 Å². The van der Waals surface area contributed by atoms with E-state index in [1.54, 1.807) is 18.2 Å². The van der Waals surface area contributed by atoms with Crippen LogP contribution in [-0.2, 0) is 18.4 Å². The number of aryl methyl sites for hydroxylation is 1. The zero-order valence-corrected chi connectivity index (χ0v) is 11.6. The molecule has 0 amide bonds. The van der Waals surface area contributed by atoms with E-state index in [1.807, 2.05) is 12.1 Å². The zero-order valence-electron chi connectivity index (χ0n) is 10.9. The van der Waals surface area contributed by atoms with Gasteiger partial charge in [0.05, 0.1) is 10.6 Å². The molecule has 0 saturated heterocycles. The number of hydrogen-bond donors (Lipinski definition) is 2. The molecular formula is C16H15ClFNO. The molecule has 1 aliphatic carbocycles. The molecular weight excluding hydrogens is 277 g/mol. The predicted molar refractivity (Wildman–Crippen MR) is 78.2 cm³/mol. The van der Waals surface area contributed by atoms with Crippen LogP contribution in [0.4, 0.5) is 10.1 Å². The van der Waals surface area contributed by atoms with Crippen LogP contribution in [0.15, 0.2) is 36.4 Å². The number of hydrogen-bond acceptors (Lipinski definition) is 2. The van der Waals surface area contributed by atoms with Gasteiger partial charge in [-0.2, -0.15) is 0 Å². The maximum Gasteiger partial charge on any atom is 0.145 e. The molecule has 0 fully saturated rings. The normalized spacial score (nSPS) is 20.9. The summed E-state index contributed by atoms with van der Waals surface area (Å²) >= 11 is 5.79. The van der Waals surface area contributed by atoms with Crippen molar-refractivity contribution in [3.05, 3.63) is 63.9 Å². The number of aliphatic hydroxyl groups is 1. The lowest BCUT2D eigenvalue weighted by Gasteiger charge is -2.24. The van der Waals surface area contributed by atoms with E-state index in [2.05, 4.69) is 0 Å². The van der Waals surface area contributed by atoms with Gasteiger partial charge in [0, 0.05) is 12.1 Å². The Morgan fingerprint density at radius 3 is 2.90 bits per heavy atom. The summed E-state index contributed by atoms with van der Waals surface area (Å²) in [7, 11) is 0. The van der Waals surface area contributed by atoms with E-state index in [1.165, 1.54) is 6.07 Å². The molecule has 0 spiro atoms. The molecule has 0 aromatic heterocycles. The Kier molecular flexibility index (Phi) is 3.19. The molecule has 20 heavy (non-hydrogen) atoms. The summed E-state index contributed by atoms with van der Waals surface area (Å²) in [4.78, 5) is 0. The average Bonchev–Trinajstić information content (AvgIpc) is 2.72. The van der Waals surface area contributed by atoms with Gasteiger partial charge in [0.15, 0.2) is 0 Å². The van der Waals surface area contributed by atoms with Crippen molar-refractivity contribution in [2.75, 3.05) is 5.73 Å². The Morgan fingerprint density at radius 2 is 2.10 bits per heavy atom. The van der Waals surface area contributed by atoms with E-state index < -0.39 is 11.4 Å². The van der Waals surface area contributed by atoms with Gasteiger partial charge in [-0.3, -0.25) is 0 Å². The lowest BCUT2D eigenvalue weighted by molar-refractivity contribution is 0.0381. The Labute approximate surface area is 122 Å². The molecule has 2 aromatic rings. The standard InChI is InChI=1S/C16H15ClFNO/c17-14-3-1-2-11(15(14)18)9-16(20)7-6-10-8-12(19)4-5-13(10)16/h1-5,8,20H,6-7,9,19H2. The summed E-state index contributed by atoms with van der Waals surface area (Å²) in [6.45, 7) is 0. The van der Waals surface area contributed by atoms with Crippen LogP contribution in [0.5, 0.6) is 0 Å². The maximum atomic E-state index is 14.0. The Bertz CT molecular complexity index is 674. The molecule has 1 aliphatic rings. The minimum atomic E-state index is -1.05. The highest BCUT2D eigenvalue weighted by Gasteiger charge is 2.37. The highest BCUT2D eigenvalue weighted by molar-refractivity contribution is 6.30. The summed E-state index contributed by atoms with van der Waals surface area (Å²) in [6, 6.07) is 10.3. The van der Waals surface area contributed by atoms with Gasteiger partial charge in [0.1, 0.15) is 5.82 Å². The van der Waals surface area contributed by atoms with E-state index >= 15 is 0 Å². The van der Waals surface area contributed by atoms with E-state index in [0.29, 0.717) is 17.7 Å². The highest BCUT2D eigenvalue weighted by atomic mass is 35.5. The lowest BCUT2D eigenvalue weighted by Crippen LogP contribution is -2.26. The first-order valence-corrected chi connectivity index (χ1v) is 6.91. The minimum absolute atomic E-state index is 0.0848. The molecule has 1 atom stereocenters. The topological polar surface area (TPSA) is 46.2 Å². The third-order valence-corrected chi connectivity index (χ3v) is 4.24. The molecule has 0 saturated carbocycles. The summed E-state index contributed by atoms with van der Waals surface area (Å²) in [5.41, 5.74) is 7.70.